The standard InChI is InChI=1S/C12H22N2O2/c1-14-7-10(5-12(15)16)4-11(8-14)13-6-9-2-3-9/h9-11,13H,2-8H2,1H3,(H,15,16). The molecule has 0 aromatic carbocycles. The van der Waals surface area contributed by atoms with Gasteiger partial charge in [0.15, 0.2) is 0 Å². The van der Waals surface area contributed by atoms with E-state index in [1.54, 1.807) is 0 Å². The van der Waals surface area contributed by atoms with Gasteiger partial charge in [0.2, 0.25) is 0 Å². The Bertz CT molecular complexity index is 253. The predicted octanol–water partition coefficient (Wildman–Crippen LogP) is 0.781. The largest absolute Gasteiger partial charge is 0.481 e. The van der Waals surface area contributed by atoms with Gasteiger partial charge in [-0.2, -0.15) is 0 Å². The second-order valence-corrected chi connectivity index (χ2v) is 5.47. The Labute approximate surface area is 97.0 Å². The van der Waals surface area contributed by atoms with E-state index >= 15 is 0 Å². The number of carboxylic acids is 1. The third kappa shape index (κ3) is 3.76. The molecule has 0 amide bonds. The summed E-state index contributed by atoms with van der Waals surface area (Å²) in [6.07, 6.45) is 4.07. The molecule has 0 aromatic rings. The van der Waals surface area contributed by atoms with Crippen molar-refractivity contribution in [3.05, 3.63) is 0 Å². The number of piperidine rings is 1. The molecule has 0 radical (unpaired) electrons. The molecule has 0 bridgehead atoms. The number of carboxylic acid groups (broad SMARTS) is 1. The van der Waals surface area contributed by atoms with E-state index in [1.165, 1.54) is 12.8 Å². The van der Waals surface area contributed by atoms with Gasteiger partial charge in [0.1, 0.15) is 0 Å². The van der Waals surface area contributed by atoms with E-state index in [2.05, 4.69) is 17.3 Å². The molecule has 1 aliphatic carbocycles. The van der Waals surface area contributed by atoms with Crippen molar-refractivity contribution in [1.82, 2.24) is 10.2 Å². The van der Waals surface area contributed by atoms with E-state index in [0.717, 1.165) is 32.0 Å². The zero-order chi connectivity index (χ0) is 11.5. The molecule has 0 spiro atoms. The topological polar surface area (TPSA) is 52.6 Å². The molecule has 2 aliphatic rings. The first kappa shape index (κ1) is 11.9. The van der Waals surface area contributed by atoms with E-state index in [-0.39, 0.29) is 0 Å². The molecule has 2 fully saturated rings. The molecular formula is C12H22N2O2. The highest BCUT2D eigenvalue weighted by Crippen LogP contribution is 2.28. The fourth-order valence-corrected chi connectivity index (χ4v) is 2.64. The Hall–Kier alpha value is -0.610. The third-order valence-corrected chi connectivity index (χ3v) is 3.58. The van der Waals surface area contributed by atoms with Gasteiger partial charge in [0.05, 0.1) is 0 Å². The van der Waals surface area contributed by atoms with Crippen LogP contribution < -0.4 is 5.32 Å². The van der Waals surface area contributed by atoms with Crippen LogP contribution in [0.4, 0.5) is 0 Å². The van der Waals surface area contributed by atoms with Crippen LogP contribution in [0.15, 0.2) is 0 Å². The second kappa shape index (κ2) is 5.15. The average molecular weight is 226 g/mol. The molecule has 92 valence electrons. The number of likely N-dealkylation sites (N-methyl/N-ethyl adjacent to an activating group) is 1. The number of aliphatic carboxylic acids is 1. The Morgan fingerprint density at radius 1 is 1.38 bits per heavy atom. The average Bonchev–Trinajstić information content (AvgIpc) is 2.95. The molecule has 16 heavy (non-hydrogen) atoms. The SMILES string of the molecule is CN1CC(CC(=O)O)CC(NCC2CC2)C1. The summed E-state index contributed by atoms with van der Waals surface area (Å²) in [5.41, 5.74) is 0. The lowest BCUT2D eigenvalue weighted by Gasteiger charge is -2.35. The monoisotopic (exact) mass is 226 g/mol. The number of rotatable bonds is 5. The van der Waals surface area contributed by atoms with Crippen LogP contribution in [0.3, 0.4) is 0 Å². The smallest absolute Gasteiger partial charge is 0.303 e. The third-order valence-electron chi connectivity index (χ3n) is 3.58. The first-order valence-corrected chi connectivity index (χ1v) is 6.27. The number of hydrogen-bond acceptors (Lipinski definition) is 3. The number of nitrogens with one attached hydrogen (secondary N) is 1. The van der Waals surface area contributed by atoms with E-state index in [0.29, 0.717) is 18.4 Å². The zero-order valence-corrected chi connectivity index (χ0v) is 9.98. The molecule has 4 heteroatoms. The predicted molar refractivity (Wildman–Crippen MR) is 62.4 cm³/mol. The van der Waals surface area contributed by atoms with Crippen LogP contribution in [0, 0.1) is 11.8 Å². The highest BCUT2D eigenvalue weighted by Gasteiger charge is 2.28. The number of nitrogens with zero attached hydrogens (tertiary/aromatic N) is 1. The second-order valence-electron chi connectivity index (χ2n) is 5.47. The zero-order valence-electron chi connectivity index (χ0n) is 9.98. The number of likely N-dealkylation sites (tertiary alicyclic amines) is 1. The van der Waals surface area contributed by atoms with Crippen molar-refractivity contribution in [3.63, 3.8) is 0 Å². The highest BCUT2D eigenvalue weighted by molar-refractivity contribution is 5.67. The molecular weight excluding hydrogens is 204 g/mol. The molecule has 1 aliphatic heterocycles. The van der Waals surface area contributed by atoms with Gasteiger partial charge in [-0.05, 0) is 44.7 Å². The maximum atomic E-state index is 10.7. The van der Waals surface area contributed by atoms with Gasteiger partial charge in [-0.25, -0.2) is 0 Å². The highest BCUT2D eigenvalue weighted by atomic mass is 16.4. The Balaban J connectivity index is 1.76. The van der Waals surface area contributed by atoms with Crippen molar-refractivity contribution in [2.75, 3.05) is 26.7 Å². The summed E-state index contributed by atoms with van der Waals surface area (Å²) in [6.45, 7) is 3.11. The summed E-state index contributed by atoms with van der Waals surface area (Å²) < 4.78 is 0. The van der Waals surface area contributed by atoms with Crippen molar-refractivity contribution in [2.24, 2.45) is 11.8 Å². The minimum absolute atomic E-state index is 0.311. The summed E-state index contributed by atoms with van der Waals surface area (Å²) in [6, 6.07) is 0.490. The van der Waals surface area contributed by atoms with Crippen LogP contribution in [0.1, 0.15) is 25.7 Å². The summed E-state index contributed by atoms with van der Waals surface area (Å²) in [7, 11) is 2.08. The maximum Gasteiger partial charge on any atom is 0.303 e. The van der Waals surface area contributed by atoms with E-state index < -0.39 is 5.97 Å². The van der Waals surface area contributed by atoms with E-state index in [1.807, 2.05) is 0 Å². The Kier molecular flexibility index (Phi) is 3.82. The summed E-state index contributed by atoms with van der Waals surface area (Å²) in [4.78, 5) is 13.0. The van der Waals surface area contributed by atoms with Gasteiger partial charge in [0.25, 0.3) is 0 Å². The number of carbonyl (C=O) groups is 1. The van der Waals surface area contributed by atoms with Crippen LogP contribution in [-0.4, -0.2) is 48.7 Å². The van der Waals surface area contributed by atoms with Crippen molar-refractivity contribution < 1.29 is 9.90 Å². The number of hydrogen-bond donors (Lipinski definition) is 2. The van der Waals surface area contributed by atoms with Crippen LogP contribution in [-0.2, 0) is 4.79 Å². The molecule has 2 N–H and O–H groups in total. The van der Waals surface area contributed by atoms with Gasteiger partial charge >= 0.3 is 5.97 Å². The van der Waals surface area contributed by atoms with Crippen molar-refractivity contribution in [3.8, 4) is 0 Å². The van der Waals surface area contributed by atoms with Crippen molar-refractivity contribution in [2.45, 2.75) is 31.7 Å². The van der Waals surface area contributed by atoms with Crippen LogP contribution in [0.2, 0.25) is 0 Å². The molecule has 1 saturated carbocycles. The lowest BCUT2D eigenvalue weighted by molar-refractivity contribution is -0.138. The Morgan fingerprint density at radius 2 is 2.12 bits per heavy atom. The maximum absolute atomic E-state index is 10.7. The minimum atomic E-state index is -0.666. The molecule has 0 aromatic heterocycles. The summed E-state index contributed by atoms with van der Waals surface area (Å²) in [5.74, 6) is 0.541. The van der Waals surface area contributed by atoms with Crippen LogP contribution >= 0.6 is 0 Å². The van der Waals surface area contributed by atoms with Gasteiger partial charge in [-0.1, -0.05) is 0 Å². The molecule has 4 nitrogen and oxygen atoms in total. The lowest BCUT2D eigenvalue weighted by Crippen LogP contribution is -2.48. The summed E-state index contributed by atoms with van der Waals surface area (Å²) in [5, 5.41) is 12.4. The normalized spacial score (nSPS) is 31.6. The van der Waals surface area contributed by atoms with E-state index in [4.69, 9.17) is 5.11 Å². The van der Waals surface area contributed by atoms with Crippen LogP contribution in [0.25, 0.3) is 0 Å². The minimum Gasteiger partial charge on any atom is -0.481 e. The molecule has 2 rings (SSSR count). The van der Waals surface area contributed by atoms with Gasteiger partial charge < -0.3 is 15.3 Å². The molecule has 2 atom stereocenters. The fourth-order valence-electron chi connectivity index (χ4n) is 2.64. The Morgan fingerprint density at radius 3 is 2.75 bits per heavy atom. The van der Waals surface area contributed by atoms with Crippen LogP contribution in [0.5, 0.6) is 0 Å². The van der Waals surface area contributed by atoms with Gasteiger partial charge in [-0.15, -0.1) is 0 Å². The van der Waals surface area contributed by atoms with Gasteiger partial charge in [0, 0.05) is 25.6 Å². The fraction of sp³-hybridized carbons (Fsp3) is 0.917. The lowest BCUT2D eigenvalue weighted by atomic mass is 9.92. The molecule has 1 saturated heterocycles. The summed E-state index contributed by atoms with van der Waals surface area (Å²) >= 11 is 0. The first-order valence-electron chi connectivity index (χ1n) is 6.27. The quantitative estimate of drug-likeness (QED) is 0.727. The van der Waals surface area contributed by atoms with E-state index in [9.17, 15) is 4.79 Å². The molecule has 1 heterocycles. The van der Waals surface area contributed by atoms with Gasteiger partial charge in [-0.3, -0.25) is 4.79 Å². The van der Waals surface area contributed by atoms with Crippen molar-refractivity contribution >= 4 is 5.97 Å². The first-order chi connectivity index (χ1) is 7.63. The molecule has 2 unspecified atom stereocenters. The van der Waals surface area contributed by atoms with Crippen molar-refractivity contribution in [1.29, 1.82) is 0 Å².